The van der Waals surface area contributed by atoms with Crippen molar-refractivity contribution in [1.82, 2.24) is 10.2 Å². The van der Waals surface area contributed by atoms with Crippen LogP contribution in [0.15, 0.2) is 60.5 Å². The van der Waals surface area contributed by atoms with Crippen molar-refractivity contribution in [2.24, 2.45) is 0 Å². The van der Waals surface area contributed by atoms with Crippen LogP contribution in [0.2, 0.25) is 0 Å². The summed E-state index contributed by atoms with van der Waals surface area (Å²) < 4.78 is 5.34. The molecular weight excluding hydrogens is 324 g/mol. The smallest absolute Gasteiger partial charge is 0.258 e. The summed E-state index contributed by atoms with van der Waals surface area (Å²) in [5.74, 6) is 0.128. The van der Waals surface area contributed by atoms with E-state index in [1.165, 1.54) is 0 Å². The van der Waals surface area contributed by atoms with E-state index in [1.807, 2.05) is 35.7 Å². The molecule has 0 saturated carbocycles. The Morgan fingerprint density at radius 1 is 1.21 bits per heavy atom. The summed E-state index contributed by atoms with van der Waals surface area (Å²) in [4.78, 5) is 26.8. The molecule has 5 nitrogen and oxygen atoms in total. The fourth-order valence-electron chi connectivity index (χ4n) is 2.00. The first-order chi connectivity index (χ1) is 11.7. The Labute approximate surface area is 145 Å². The van der Waals surface area contributed by atoms with E-state index in [0.717, 1.165) is 4.88 Å². The minimum Gasteiger partial charge on any atom is -0.484 e. The summed E-state index contributed by atoms with van der Waals surface area (Å²) in [6.07, 6.45) is 1.67. The van der Waals surface area contributed by atoms with E-state index in [1.54, 1.807) is 34.4 Å². The molecule has 0 unspecified atom stereocenters. The van der Waals surface area contributed by atoms with Gasteiger partial charge in [-0.1, -0.05) is 30.3 Å². The molecule has 1 aromatic carbocycles. The lowest BCUT2D eigenvalue weighted by Crippen LogP contribution is -2.41. The molecule has 1 aromatic heterocycles. The summed E-state index contributed by atoms with van der Waals surface area (Å²) >= 11 is 1.59. The maximum Gasteiger partial charge on any atom is 0.258 e. The quantitative estimate of drug-likeness (QED) is 0.711. The number of para-hydroxylation sites is 1. The predicted octanol–water partition coefficient (Wildman–Crippen LogP) is 2.46. The van der Waals surface area contributed by atoms with Crippen molar-refractivity contribution in [3.05, 3.63) is 65.4 Å². The van der Waals surface area contributed by atoms with Gasteiger partial charge in [0, 0.05) is 11.4 Å². The van der Waals surface area contributed by atoms with Gasteiger partial charge in [-0.25, -0.2) is 0 Å². The zero-order chi connectivity index (χ0) is 17.2. The van der Waals surface area contributed by atoms with Gasteiger partial charge in [-0.3, -0.25) is 9.59 Å². The Bertz CT molecular complexity index is 656. The van der Waals surface area contributed by atoms with Crippen LogP contribution < -0.4 is 10.1 Å². The standard InChI is InChI=1S/C18H20N2O3S/c1-2-10-20(13-16-9-6-11-24-16)18(22)12-19-17(21)14-23-15-7-4-3-5-8-15/h2-9,11H,1,10,12-14H2,(H,19,21). The maximum absolute atomic E-state index is 12.3. The molecule has 0 aliphatic heterocycles. The van der Waals surface area contributed by atoms with Crippen molar-refractivity contribution in [1.29, 1.82) is 0 Å². The fraction of sp³-hybridized carbons (Fsp3) is 0.222. The number of carbonyl (C=O) groups excluding carboxylic acids is 2. The second kappa shape index (κ2) is 9.52. The summed E-state index contributed by atoms with van der Waals surface area (Å²) in [7, 11) is 0. The van der Waals surface area contributed by atoms with Gasteiger partial charge in [0.05, 0.1) is 13.1 Å². The van der Waals surface area contributed by atoms with Crippen molar-refractivity contribution < 1.29 is 14.3 Å². The number of benzene rings is 1. The number of nitrogens with zero attached hydrogens (tertiary/aromatic N) is 1. The van der Waals surface area contributed by atoms with Crippen LogP contribution in [0.4, 0.5) is 0 Å². The summed E-state index contributed by atoms with van der Waals surface area (Å²) in [6.45, 7) is 4.44. The summed E-state index contributed by atoms with van der Waals surface area (Å²) in [6, 6.07) is 13.0. The molecule has 2 aromatic rings. The number of hydrogen-bond acceptors (Lipinski definition) is 4. The number of ether oxygens (including phenoxy) is 1. The molecule has 126 valence electrons. The minimum atomic E-state index is -0.332. The third-order valence-electron chi connectivity index (χ3n) is 3.18. The third kappa shape index (κ3) is 5.89. The van der Waals surface area contributed by atoms with E-state index in [0.29, 0.717) is 18.8 Å². The van der Waals surface area contributed by atoms with Crippen LogP contribution in [-0.2, 0) is 16.1 Å². The van der Waals surface area contributed by atoms with Crippen molar-refractivity contribution in [3.63, 3.8) is 0 Å². The minimum absolute atomic E-state index is 0.0593. The molecule has 0 bridgehead atoms. The Morgan fingerprint density at radius 2 is 2.00 bits per heavy atom. The monoisotopic (exact) mass is 344 g/mol. The molecule has 0 fully saturated rings. The predicted molar refractivity (Wildman–Crippen MR) is 94.9 cm³/mol. The molecule has 0 aliphatic carbocycles. The Morgan fingerprint density at radius 3 is 2.67 bits per heavy atom. The van der Waals surface area contributed by atoms with Gasteiger partial charge in [0.25, 0.3) is 5.91 Å². The molecule has 6 heteroatoms. The van der Waals surface area contributed by atoms with Gasteiger partial charge in [0.2, 0.25) is 5.91 Å². The molecule has 2 rings (SSSR count). The zero-order valence-electron chi connectivity index (χ0n) is 13.3. The van der Waals surface area contributed by atoms with Gasteiger partial charge >= 0.3 is 0 Å². The second-order valence-corrected chi connectivity index (χ2v) is 6.05. The lowest BCUT2D eigenvalue weighted by molar-refractivity contribution is -0.133. The summed E-state index contributed by atoms with van der Waals surface area (Å²) in [5.41, 5.74) is 0. The number of carbonyl (C=O) groups is 2. The Kier molecular flexibility index (Phi) is 7.04. The normalized spacial score (nSPS) is 10.0. The Balaban J connectivity index is 1.77. The number of nitrogens with one attached hydrogen (secondary N) is 1. The van der Waals surface area contributed by atoms with Crippen LogP contribution in [0.3, 0.4) is 0 Å². The van der Waals surface area contributed by atoms with Gasteiger partial charge in [-0.2, -0.15) is 0 Å². The molecule has 24 heavy (non-hydrogen) atoms. The molecule has 1 N–H and O–H groups in total. The van der Waals surface area contributed by atoms with Crippen molar-refractivity contribution in [2.75, 3.05) is 19.7 Å². The Hall–Kier alpha value is -2.60. The average Bonchev–Trinajstić information content (AvgIpc) is 3.11. The van der Waals surface area contributed by atoms with Crippen molar-refractivity contribution in [3.8, 4) is 5.75 Å². The van der Waals surface area contributed by atoms with E-state index < -0.39 is 0 Å². The first-order valence-corrected chi connectivity index (χ1v) is 8.42. The highest BCUT2D eigenvalue weighted by Crippen LogP contribution is 2.12. The number of amides is 2. The molecule has 1 heterocycles. The van der Waals surface area contributed by atoms with Crippen LogP contribution in [-0.4, -0.2) is 36.4 Å². The topological polar surface area (TPSA) is 58.6 Å². The van der Waals surface area contributed by atoms with Crippen LogP contribution >= 0.6 is 11.3 Å². The number of hydrogen-bond donors (Lipinski definition) is 1. The maximum atomic E-state index is 12.3. The number of thiophene rings is 1. The van der Waals surface area contributed by atoms with Gasteiger partial charge in [0.15, 0.2) is 6.61 Å². The van der Waals surface area contributed by atoms with Crippen LogP contribution in [0.1, 0.15) is 4.88 Å². The average molecular weight is 344 g/mol. The van der Waals surface area contributed by atoms with Crippen molar-refractivity contribution in [2.45, 2.75) is 6.54 Å². The molecule has 2 amide bonds. The third-order valence-corrected chi connectivity index (χ3v) is 4.04. The molecule has 0 aliphatic rings. The molecule has 0 atom stereocenters. The largest absolute Gasteiger partial charge is 0.484 e. The SMILES string of the molecule is C=CCN(Cc1cccs1)C(=O)CNC(=O)COc1ccccc1. The molecule has 0 saturated heterocycles. The second-order valence-electron chi connectivity index (χ2n) is 5.02. The van der Waals surface area contributed by atoms with E-state index in [2.05, 4.69) is 11.9 Å². The van der Waals surface area contributed by atoms with Crippen LogP contribution in [0.5, 0.6) is 5.75 Å². The van der Waals surface area contributed by atoms with E-state index in [9.17, 15) is 9.59 Å². The molecular formula is C18H20N2O3S. The highest BCUT2D eigenvalue weighted by atomic mass is 32.1. The van der Waals surface area contributed by atoms with Gasteiger partial charge in [-0.15, -0.1) is 17.9 Å². The first-order valence-electron chi connectivity index (χ1n) is 7.54. The van der Waals surface area contributed by atoms with Crippen LogP contribution in [0, 0.1) is 0 Å². The fourth-order valence-corrected chi connectivity index (χ4v) is 2.72. The molecule has 0 spiro atoms. The van der Waals surface area contributed by atoms with E-state index in [-0.39, 0.29) is 25.0 Å². The lowest BCUT2D eigenvalue weighted by Gasteiger charge is -2.20. The van der Waals surface area contributed by atoms with Gasteiger partial charge < -0.3 is 15.0 Å². The van der Waals surface area contributed by atoms with E-state index in [4.69, 9.17) is 4.74 Å². The van der Waals surface area contributed by atoms with Crippen LogP contribution in [0.25, 0.3) is 0 Å². The van der Waals surface area contributed by atoms with Crippen molar-refractivity contribution >= 4 is 23.2 Å². The first kappa shape index (κ1) is 17.7. The van der Waals surface area contributed by atoms with E-state index >= 15 is 0 Å². The zero-order valence-corrected chi connectivity index (χ0v) is 14.1. The lowest BCUT2D eigenvalue weighted by atomic mass is 10.3. The van der Waals surface area contributed by atoms with Gasteiger partial charge in [-0.05, 0) is 23.6 Å². The highest BCUT2D eigenvalue weighted by molar-refractivity contribution is 7.09. The molecule has 0 radical (unpaired) electrons. The number of rotatable bonds is 9. The van der Waals surface area contributed by atoms with Gasteiger partial charge in [0.1, 0.15) is 5.75 Å². The highest BCUT2D eigenvalue weighted by Gasteiger charge is 2.14. The summed E-state index contributed by atoms with van der Waals surface area (Å²) in [5, 5.41) is 4.55.